The number of hydrogen-bond acceptors (Lipinski definition) is 4. The van der Waals surface area contributed by atoms with Gasteiger partial charge in [0.2, 0.25) is 5.91 Å². The van der Waals surface area contributed by atoms with E-state index in [4.69, 9.17) is 0 Å². The number of likely N-dealkylation sites (N-methyl/N-ethyl adjacent to an activating group) is 1. The number of thiazole rings is 1. The second-order valence-electron chi connectivity index (χ2n) is 6.91. The van der Waals surface area contributed by atoms with E-state index >= 15 is 0 Å². The fraction of sp³-hybridized carbons (Fsp3) is 0.722. The number of nitrogens with one attached hydrogen (secondary N) is 1. The molecule has 6 nitrogen and oxygen atoms in total. The van der Waals surface area contributed by atoms with Crippen molar-refractivity contribution in [2.75, 3.05) is 26.7 Å². The minimum Gasteiger partial charge on any atom is -0.342 e. The number of carbonyl (C=O) groups is 2. The Labute approximate surface area is 154 Å². The van der Waals surface area contributed by atoms with E-state index in [1.165, 1.54) is 0 Å². The molecule has 1 aromatic rings. The highest BCUT2D eigenvalue weighted by molar-refractivity contribution is 7.09. The number of nitrogens with zero attached hydrogens (tertiary/aromatic N) is 3. The molecule has 1 atom stereocenters. The molecule has 1 aliphatic heterocycles. The largest absolute Gasteiger partial charge is 0.342 e. The predicted octanol–water partition coefficient (Wildman–Crippen LogP) is 2.85. The van der Waals surface area contributed by atoms with Crippen LogP contribution in [0.15, 0.2) is 5.38 Å². The van der Waals surface area contributed by atoms with Crippen LogP contribution in [0.5, 0.6) is 0 Å². The summed E-state index contributed by atoms with van der Waals surface area (Å²) in [5.74, 6) is 0.478. The van der Waals surface area contributed by atoms with Crippen molar-refractivity contribution < 1.29 is 9.59 Å². The lowest BCUT2D eigenvalue weighted by Crippen LogP contribution is -2.59. The fourth-order valence-electron chi connectivity index (χ4n) is 2.91. The Morgan fingerprint density at radius 2 is 2.20 bits per heavy atom. The van der Waals surface area contributed by atoms with Gasteiger partial charge in [-0.2, -0.15) is 0 Å². The minimum absolute atomic E-state index is 0.0522. The van der Waals surface area contributed by atoms with Gasteiger partial charge in [0.15, 0.2) is 0 Å². The summed E-state index contributed by atoms with van der Waals surface area (Å²) in [5, 5.41) is 6.09. The number of rotatable bonds is 7. The van der Waals surface area contributed by atoms with E-state index in [2.05, 4.69) is 36.5 Å². The molecule has 0 radical (unpaired) electrons. The smallest absolute Gasteiger partial charge is 0.318 e. The molecule has 1 aliphatic rings. The van der Waals surface area contributed by atoms with Crippen LogP contribution >= 0.6 is 11.3 Å². The monoisotopic (exact) mass is 366 g/mol. The van der Waals surface area contributed by atoms with Crippen LogP contribution in [-0.2, 0) is 11.2 Å². The Hall–Kier alpha value is -1.63. The first-order valence-corrected chi connectivity index (χ1v) is 10.1. The molecule has 1 N–H and O–H groups in total. The highest BCUT2D eigenvalue weighted by Gasteiger charge is 2.35. The zero-order valence-corrected chi connectivity index (χ0v) is 16.6. The van der Waals surface area contributed by atoms with Crippen molar-refractivity contribution in [1.29, 1.82) is 0 Å². The van der Waals surface area contributed by atoms with Crippen LogP contribution < -0.4 is 5.32 Å². The summed E-state index contributed by atoms with van der Waals surface area (Å²) < 4.78 is 0. The summed E-state index contributed by atoms with van der Waals surface area (Å²) in [6, 6.07) is -0.464. The van der Waals surface area contributed by atoms with Gasteiger partial charge in [0.05, 0.1) is 10.7 Å². The summed E-state index contributed by atoms with van der Waals surface area (Å²) in [4.78, 5) is 33.0. The van der Waals surface area contributed by atoms with Crippen LogP contribution in [0.2, 0.25) is 0 Å². The summed E-state index contributed by atoms with van der Waals surface area (Å²) in [5.41, 5.74) is 1.11. The first-order chi connectivity index (χ1) is 11.9. The van der Waals surface area contributed by atoms with Crippen LogP contribution in [0.3, 0.4) is 0 Å². The van der Waals surface area contributed by atoms with Gasteiger partial charge in [0, 0.05) is 38.5 Å². The highest BCUT2D eigenvalue weighted by atomic mass is 32.1. The Morgan fingerprint density at radius 3 is 2.84 bits per heavy atom. The summed E-state index contributed by atoms with van der Waals surface area (Å²) in [6.07, 6.45) is 3.43. The summed E-state index contributed by atoms with van der Waals surface area (Å²) in [7, 11) is 1.81. The fourth-order valence-corrected chi connectivity index (χ4v) is 3.87. The molecule has 0 spiro atoms. The van der Waals surface area contributed by atoms with Crippen molar-refractivity contribution in [3.63, 3.8) is 0 Å². The van der Waals surface area contributed by atoms with Crippen molar-refractivity contribution in [1.82, 2.24) is 20.1 Å². The molecule has 1 unspecified atom stereocenters. The maximum absolute atomic E-state index is 12.6. The van der Waals surface area contributed by atoms with Gasteiger partial charge < -0.3 is 15.1 Å². The van der Waals surface area contributed by atoms with E-state index in [9.17, 15) is 9.59 Å². The zero-order valence-electron chi connectivity index (χ0n) is 15.7. The van der Waals surface area contributed by atoms with E-state index in [0.717, 1.165) is 36.4 Å². The quantitative estimate of drug-likeness (QED) is 0.807. The Balaban J connectivity index is 1.87. The summed E-state index contributed by atoms with van der Waals surface area (Å²) in [6.45, 7) is 8.09. The molecule has 1 saturated heterocycles. The maximum Gasteiger partial charge on any atom is 0.318 e. The van der Waals surface area contributed by atoms with Crippen molar-refractivity contribution in [3.8, 4) is 0 Å². The number of amides is 3. The number of hydrogen-bond donors (Lipinski definition) is 1. The topological polar surface area (TPSA) is 65.5 Å². The lowest BCUT2D eigenvalue weighted by Gasteiger charge is -2.39. The number of piperazine rings is 1. The van der Waals surface area contributed by atoms with E-state index < -0.39 is 0 Å². The maximum atomic E-state index is 12.6. The number of carbonyl (C=O) groups excluding carboxylic acids is 2. The predicted molar refractivity (Wildman–Crippen MR) is 101 cm³/mol. The molecule has 0 bridgehead atoms. The molecule has 0 aliphatic carbocycles. The molecule has 0 aromatic carbocycles. The molecule has 3 amide bonds. The summed E-state index contributed by atoms with van der Waals surface area (Å²) >= 11 is 1.64. The molecular weight excluding hydrogens is 336 g/mol. The van der Waals surface area contributed by atoms with E-state index in [1.54, 1.807) is 21.1 Å². The highest BCUT2D eigenvalue weighted by Crippen LogP contribution is 2.18. The molecule has 1 fully saturated rings. The molecular formula is C18H30N4O2S. The first-order valence-electron chi connectivity index (χ1n) is 9.17. The third kappa shape index (κ3) is 5.17. The SMILES string of the molecule is CCCCC1C(=O)N(C)CCN1C(=O)NCCc1nc(C(C)C)cs1. The van der Waals surface area contributed by atoms with Crippen molar-refractivity contribution in [3.05, 3.63) is 16.1 Å². The van der Waals surface area contributed by atoms with Gasteiger partial charge in [0.25, 0.3) is 0 Å². The van der Waals surface area contributed by atoms with E-state index in [-0.39, 0.29) is 18.0 Å². The van der Waals surface area contributed by atoms with Crippen LogP contribution in [0, 0.1) is 0 Å². The average Bonchev–Trinajstić information content (AvgIpc) is 3.05. The lowest BCUT2D eigenvalue weighted by atomic mass is 10.0. The van der Waals surface area contributed by atoms with Gasteiger partial charge in [0.1, 0.15) is 6.04 Å². The molecule has 7 heteroatoms. The molecule has 2 heterocycles. The van der Waals surface area contributed by atoms with E-state index in [0.29, 0.717) is 25.6 Å². The molecule has 25 heavy (non-hydrogen) atoms. The van der Waals surface area contributed by atoms with Crippen molar-refractivity contribution >= 4 is 23.3 Å². The Morgan fingerprint density at radius 1 is 1.44 bits per heavy atom. The molecule has 1 aromatic heterocycles. The number of unbranched alkanes of at least 4 members (excludes halogenated alkanes) is 1. The van der Waals surface area contributed by atoms with Crippen LogP contribution in [-0.4, -0.2) is 59.4 Å². The standard InChI is InChI=1S/C18H30N4O2S/c1-5-6-7-15-17(23)21(4)10-11-22(15)18(24)19-9-8-16-20-14(12-25-16)13(2)3/h12-13,15H,5-11H2,1-4H3,(H,19,24). The van der Waals surface area contributed by atoms with Crippen LogP contribution in [0.4, 0.5) is 4.79 Å². The Kier molecular flexibility index (Phi) is 7.23. The third-order valence-electron chi connectivity index (χ3n) is 4.58. The second-order valence-corrected chi connectivity index (χ2v) is 7.86. The third-order valence-corrected chi connectivity index (χ3v) is 5.51. The number of urea groups is 1. The molecule has 0 saturated carbocycles. The van der Waals surface area contributed by atoms with Crippen molar-refractivity contribution in [2.45, 2.75) is 58.4 Å². The van der Waals surface area contributed by atoms with E-state index in [1.807, 2.05) is 7.05 Å². The molecule has 2 rings (SSSR count). The second kappa shape index (κ2) is 9.17. The van der Waals surface area contributed by atoms with Crippen LogP contribution in [0.1, 0.15) is 56.7 Å². The zero-order chi connectivity index (χ0) is 18.4. The van der Waals surface area contributed by atoms with Gasteiger partial charge in [-0.05, 0) is 12.3 Å². The van der Waals surface area contributed by atoms with Gasteiger partial charge in [-0.1, -0.05) is 33.6 Å². The van der Waals surface area contributed by atoms with Gasteiger partial charge in [-0.25, -0.2) is 9.78 Å². The van der Waals surface area contributed by atoms with Gasteiger partial charge in [-0.3, -0.25) is 4.79 Å². The van der Waals surface area contributed by atoms with Gasteiger partial charge in [-0.15, -0.1) is 11.3 Å². The number of aromatic nitrogens is 1. The Bertz CT molecular complexity index is 587. The normalized spacial score (nSPS) is 18.1. The van der Waals surface area contributed by atoms with Gasteiger partial charge >= 0.3 is 6.03 Å². The lowest BCUT2D eigenvalue weighted by molar-refractivity contribution is -0.138. The minimum atomic E-state index is -0.328. The average molecular weight is 367 g/mol. The van der Waals surface area contributed by atoms with Crippen LogP contribution in [0.25, 0.3) is 0 Å². The molecule has 140 valence electrons. The van der Waals surface area contributed by atoms with Crippen molar-refractivity contribution in [2.24, 2.45) is 0 Å². The first kappa shape index (κ1) is 19.7.